The van der Waals surface area contributed by atoms with Crippen molar-refractivity contribution >= 4 is 17.5 Å². The number of hydrogen-bond donors (Lipinski definition) is 3. The van der Waals surface area contributed by atoms with Crippen molar-refractivity contribution in [2.24, 2.45) is 0 Å². The maximum absolute atomic E-state index is 12.6. The summed E-state index contributed by atoms with van der Waals surface area (Å²) in [6.45, 7) is 3.53. The van der Waals surface area contributed by atoms with Crippen LogP contribution < -0.4 is 25.6 Å². The van der Waals surface area contributed by atoms with Crippen LogP contribution in [0.15, 0.2) is 42.5 Å². The topological polar surface area (TPSA) is 112 Å². The third kappa shape index (κ3) is 5.46. The van der Waals surface area contributed by atoms with Crippen LogP contribution in [0.5, 0.6) is 11.5 Å². The van der Waals surface area contributed by atoms with Gasteiger partial charge in [-0.3, -0.25) is 15.0 Å². The first-order chi connectivity index (χ1) is 13.5. The highest BCUT2D eigenvalue weighted by Crippen LogP contribution is 2.24. The number of hydrogen-bond acceptors (Lipinski definition) is 6. The first-order valence-corrected chi connectivity index (χ1v) is 8.62. The minimum absolute atomic E-state index is 0.225. The van der Waals surface area contributed by atoms with E-state index in [0.717, 1.165) is 0 Å². The van der Waals surface area contributed by atoms with Crippen molar-refractivity contribution in [3.8, 4) is 17.6 Å². The van der Waals surface area contributed by atoms with Crippen molar-refractivity contribution in [3.63, 3.8) is 0 Å². The zero-order valence-electron chi connectivity index (χ0n) is 15.9. The Morgan fingerprint density at radius 1 is 1.21 bits per heavy atom. The SMILES string of the molecule is CCOc1cc(NC(C)=O)ccc1C(=O)NN[C@@H](C#N)c1cccc(OC)c1. The van der Waals surface area contributed by atoms with Gasteiger partial charge in [-0.25, -0.2) is 5.43 Å². The Kier molecular flexibility index (Phi) is 7.37. The van der Waals surface area contributed by atoms with Crippen LogP contribution in [0.4, 0.5) is 5.69 Å². The molecule has 0 bridgehead atoms. The Hall–Kier alpha value is -3.57. The first-order valence-electron chi connectivity index (χ1n) is 8.62. The average Bonchev–Trinajstić information content (AvgIpc) is 2.68. The van der Waals surface area contributed by atoms with Gasteiger partial charge in [-0.15, -0.1) is 0 Å². The van der Waals surface area contributed by atoms with Crippen LogP contribution in [0.1, 0.15) is 35.8 Å². The molecule has 3 N–H and O–H groups in total. The monoisotopic (exact) mass is 382 g/mol. The van der Waals surface area contributed by atoms with Crippen molar-refractivity contribution in [1.29, 1.82) is 5.26 Å². The molecule has 0 saturated heterocycles. The van der Waals surface area contributed by atoms with Gasteiger partial charge < -0.3 is 14.8 Å². The van der Waals surface area contributed by atoms with Crippen molar-refractivity contribution in [3.05, 3.63) is 53.6 Å². The van der Waals surface area contributed by atoms with E-state index in [1.807, 2.05) is 0 Å². The first kappa shape index (κ1) is 20.7. The number of hydrazine groups is 1. The van der Waals surface area contributed by atoms with Crippen LogP contribution in [0.3, 0.4) is 0 Å². The van der Waals surface area contributed by atoms with E-state index >= 15 is 0 Å². The van der Waals surface area contributed by atoms with Crippen LogP contribution in [0.2, 0.25) is 0 Å². The molecule has 0 aromatic heterocycles. The summed E-state index contributed by atoms with van der Waals surface area (Å²) in [5, 5.41) is 12.1. The molecule has 2 amide bonds. The Balaban J connectivity index is 2.14. The van der Waals surface area contributed by atoms with Crippen LogP contribution in [0, 0.1) is 11.3 Å². The van der Waals surface area contributed by atoms with Crippen LogP contribution in [-0.4, -0.2) is 25.5 Å². The van der Waals surface area contributed by atoms with E-state index in [0.29, 0.717) is 29.4 Å². The van der Waals surface area contributed by atoms with E-state index in [2.05, 4.69) is 22.2 Å². The molecule has 1 atom stereocenters. The molecule has 0 unspecified atom stereocenters. The summed E-state index contributed by atoms with van der Waals surface area (Å²) < 4.78 is 10.7. The molecule has 0 aliphatic heterocycles. The van der Waals surface area contributed by atoms with Crippen molar-refractivity contribution in [2.75, 3.05) is 19.0 Å². The molecule has 0 fully saturated rings. The Morgan fingerprint density at radius 2 is 2.00 bits per heavy atom. The van der Waals surface area contributed by atoms with Gasteiger partial charge in [0.25, 0.3) is 5.91 Å². The summed E-state index contributed by atoms with van der Waals surface area (Å²) >= 11 is 0. The fourth-order valence-electron chi connectivity index (χ4n) is 2.48. The molecule has 146 valence electrons. The Bertz CT molecular complexity index is 892. The van der Waals surface area contributed by atoms with Crippen molar-refractivity contribution in [2.45, 2.75) is 19.9 Å². The number of anilines is 1. The zero-order valence-corrected chi connectivity index (χ0v) is 15.9. The highest BCUT2D eigenvalue weighted by Gasteiger charge is 2.17. The molecular formula is C20H22N4O4. The van der Waals surface area contributed by atoms with Crippen LogP contribution in [0.25, 0.3) is 0 Å². The van der Waals surface area contributed by atoms with Crippen LogP contribution >= 0.6 is 0 Å². The third-order valence-electron chi connectivity index (χ3n) is 3.73. The average molecular weight is 382 g/mol. The number of carbonyl (C=O) groups excluding carboxylic acids is 2. The molecule has 0 spiro atoms. The molecule has 28 heavy (non-hydrogen) atoms. The maximum atomic E-state index is 12.6. The third-order valence-corrected chi connectivity index (χ3v) is 3.73. The second-order valence-electron chi connectivity index (χ2n) is 5.76. The second-order valence-corrected chi connectivity index (χ2v) is 5.76. The van der Waals surface area contributed by atoms with Gasteiger partial charge in [0.2, 0.25) is 5.91 Å². The largest absolute Gasteiger partial charge is 0.497 e. The van der Waals surface area contributed by atoms with Crippen LogP contribution in [-0.2, 0) is 4.79 Å². The number of amides is 2. The van der Waals surface area contributed by atoms with E-state index in [1.165, 1.54) is 14.0 Å². The summed E-state index contributed by atoms with van der Waals surface area (Å²) in [5.74, 6) is 0.235. The molecule has 0 radical (unpaired) electrons. The van der Waals surface area contributed by atoms with E-state index in [-0.39, 0.29) is 11.5 Å². The van der Waals surface area contributed by atoms with Crippen molar-refractivity contribution in [1.82, 2.24) is 10.9 Å². The Morgan fingerprint density at radius 3 is 2.64 bits per heavy atom. The molecular weight excluding hydrogens is 360 g/mol. The number of nitrogens with one attached hydrogen (secondary N) is 3. The number of nitriles is 1. The molecule has 8 nitrogen and oxygen atoms in total. The predicted molar refractivity (Wildman–Crippen MR) is 104 cm³/mol. The number of methoxy groups -OCH3 is 1. The molecule has 0 aliphatic rings. The Labute approximate surface area is 163 Å². The van der Waals surface area contributed by atoms with Gasteiger partial charge in [0.05, 0.1) is 25.3 Å². The molecule has 0 heterocycles. The van der Waals surface area contributed by atoms with E-state index in [1.54, 1.807) is 49.4 Å². The number of nitrogens with zero attached hydrogens (tertiary/aromatic N) is 1. The lowest BCUT2D eigenvalue weighted by atomic mass is 10.1. The molecule has 0 aliphatic carbocycles. The smallest absolute Gasteiger partial charge is 0.269 e. The summed E-state index contributed by atoms with van der Waals surface area (Å²) in [7, 11) is 1.54. The van der Waals surface area contributed by atoms with Gasteiger partial charge in [0.15, 0.2) is 0 Å². The molecule has 2 rings (SSSR count). The van der Waals surface area contributed by atoms with E-state index < -0.39 is 11.9 Å². The number of rotatable bonds is 8. The lowest BCUT2D eigenvalue weighted by molar-refractivity contribution is -0.114. The summed E-state index contributed by atoms with van der Waals surface area (Å²) in [6.07, 6.45) is 0. The second kappa shape index (κ2) is 9.94. The standard InChI is InChI=1S/C20H22N4O4/c1-4-28-19-11-15(22-13(2)25)8-9-17(19)20(26)24-23-18(12-21)14-6-5-7-16(10-14)27-3/h5-11,18,23H,4H2,1-3H3,(H,22,25)(H,24,26)/t18-/m0/s1. The minimum Gasteiger partial charge on any atom is -0.497 e. The fraction of sp³-hybridized carbons (Fsp3) is 0.250. The van der Waals surface area contributed by atoms with Gasteiger partial charge in [0.1, 0.15) is 17.5 Å². The van der Waals surface area contributed by atoms with Gasteiger partial charge in [-0.1, -0.05) is 12.1 Å². The summed E-state index contributed by atoms with van der Waals surface area (Å²) in [4.78, 5) is 23.8. The molecule has 2 aromatic carbocycles. The van der Waals surface area contributed by atoms with E-state index in [9.17, 15) is 14.9 Å². The number of ether oxygens (including phenoxy) is 2. The predicted octanol–water partition coefficient (Wildman–Crippen LogP) is 2.55. The van der Waals surface area contributed by atoms with Gasteiger partial charge in [-0.2, -0.15) is 5.26 Å². The lowest BCUT2D eigenvalue weighted by Crippen LogP contribution is -2.39. The van der Waals surface area contributed by atoms with Crippen molar-refractivity contribution < 1.29 is 19.1 Å². The lowest BCUT2D eigenvalue weighted by Gasteiger charge is -2.16. The highest BCUT2D eigenvalue weighted by molar-refractivity contribution is 5.98. The molecule has 2 aromatic rings. The van der Waals surface area contributed by atoms with E-state index in [4.69, 9.17) is 9.47 Å². The molecule has 0 saturated carbocycles. The normalized spacial score (nSPS) is 11.1. The highest BCUT2D eigenvalue weighted by atomic mass is 16.5. The summed E-state index contributed by atoms with van der Waals surface area (Å²) in [5.41, 5.74) is 6.67. The van der Waals surface area contributed by atoms with Gasteiger partial charge in [0, 0.05) is 18.7 Å². The maximum Gasteiger partial charge on any atom is 0.269 e. The number of carbonyl (C=O) groups is 2. The summed E-state index contributed by atoms with van der Waals surface area (Å²) in [6, 6.07) is 13.0. The number of benzene rings is 2. The zero-order chi connectivity index (χ0) is 20.5. The minimum atomic E-state index is -0.770. The quantitative estimate of drug-likeness (QED) is 0.605. The van der Waals surface area contributed by atoms with Gasteiger partial charge in [-0.05, 0) is 36.8 Å². The molecule has 8 heteroatoms. The fourth-order valence-corrected chi connectivity index (χ4v) is 2.48. The van der Waals surface area contributed by atoms with Gasteiger partial charge >= 0.3 is 0 Å².